The minimum absolute atomic E-state index is 0.0618. The highest BCUT2D eigenvalue weighted by molar-refractivity contribution is 8.76. The average Bonchev–Trinajstić information content (AvgIpc) is 2.87. The molecule has 1 amide bonds. The van der Waals surface area contributed by atoms with Crippen molar-refractivity contribution in [1.29, 1.82) is 0 Å². The molecule has 0 heterocycles. The van der Waals surface area contributed by atoms with Gasteiger partial charge in [-0.15, -0.1) is 0 Å². The van der Waals surface area contributed by atoms with Crippen molar-refractivity contribution in [3.8, 4) is 0 Å². The van der Waals surface area contributed by atoms with Crippen molar-refractivity contribution in [2.75, 3.05) is 64.1 Å². The van der Waals surface area contributed by atoms with Crippen LogP contribution < -0.4 is 5.32 Å². The van der Waals surface area contributed by atoms with Gasteiger partial charge in [0, 0.05) is 37.6 Å². The Morgan fingerprint density at radius 2 is 1.36 bits per heavy atom. The average molecular weight is 553 g/mol. The number of carbonyl (C=O) groups is 3. The quantitative estimate of drug-likeness (QED) is 0.0730. The van der Waals surface area contributed by atoms with E-state index < -0.39 is 6.09 Å². The van der Waals surface area contributed by atoms with E-state index in [9.17, 15) is 14.4 Å². The van der Waals surface area contributed by atoms with Crippen molar-refractivity contribution in [2.24, 2.45) is 0 Å². The number of aliphatic hydroxyl groups is 1. The number of unbranched alkanes of at least 4 members (excludes halogenated alkanes) is 5. The van der Waals surface area contributed by atoms with Gasteiger partial charge in [-0.3, -0.25) is 9.59 Å². The summed E-state index contributed by atoms with van der Waals surface area (Å²) in [5, 5.41) is 11.9. The summed E-state index contributed by atoms with van der Waals surface area (Å²) >= 11 is 0. The van der Waals surface area contributed by atoms with Crippen LogP contribution in [0.25, 0.3) is 0 Å². The Labute approximate surface area is 225 Å². The number of amides is 1. The first-order valence-electron chi connectivity index (χ1n) is 13.3. The third kappa shape index (κ3) is 23.2. The zero-order valence-electron chi connectivity index (χ0n) is 22.3. The Kier molecular flexibility index (Phi) is 26.0. The number of carbonyl (C=O) groups excluding carboxylic acids is 3. The minimum atomic E-state index is -0.449. The van der Waals surface area contributed by atoms with Crippen molar-refractivity contribution in [1.82, 2.24) is 10.2 Å². The lowest BCUT2D eigenvalue weighted by Crippen LogP contribution is -2.36. The van der Waals surface area contributed by atoms with Crippen molar-refractivity contribution in [2.45, 2.75) is 78.1 Å². The fourth-order valence-electron chi connectivity index (χ4n) is 3.09. The molecule has 0 fully saturated rings. The van der Waals surface area contributed by atoms with Gasteiger partial charge in [-0.1, -0.05) is 67.5 Å². The van der Waals surface area contributed by atoms with Gasteiger partial charge < -0.3 is 29.5 Å². The number of rotatable bonds is 25. The van der Waals surface area contributed by atoms with Crippen LogP contribution in [0.15, 0.2) is 0 Å². The van der Waals surface area contributed by atoms with Crippen molar-refractivity contribution in [3.05, 3.63) is 0 Å². The molecule has 0 unspecified atom stereocenters. The van der Waals surface area contributed by atoms with Gasteiger partial charge in [-0.2, -0.15) is 0 Å². The van der Waals surface area contributed by atoms with Gasteiger partial charge in [-0.25, -0.2) is 4.79 Å². The van der Waals surface area contributed by atoms with Gasteiger partial charge in [0.05, 0.1) is 19.6 Å². The number of hydrogen-bond acceptors (Lipinski definition) is 10. The molecule has 0 saturated carbocycles. The van der Waals surface area contributed by atoms with Crippen LogP contribution >= 0.6 is 21.6 Å². The van der Waals surface area contributed by atoms with Crippen LogP contribution in [0.5, 0.6) is 0 Å². The lowest BCUT2D eigenvalue weighted by Gasteiger charge is -2.22. The fraction of sp³-hybridized carbons (Fsp3) is 0.880. The van der Waals surface area contributed by atoms with E-state index in [0.29, 0.717) is 57.2 Å². The van der Waals surface area contributed by atoms with Crippen molar-refractivity contribution in [3.63, 3.8) is 0 Å². The van der Waals surface area contributed by atoms with Crippen LogP contribution in [0.3, 0.4) is 0 Å². The summed E-state index contributed by atoms with van der Waals surface area (Å²) in [5.74, 6) is 0.850. The molecule has 0 aromatic heterocycles. The van der Waals surface area contributed by atoms with E-state index in [1.54, 1.807) is 21.6 Å². The number of ether oxygens (including phenoxy) is 3. The summed E-state index contributed by atoms with van der Waals surface area (Å²) in [6.07, 6.45) is 8.49. The Morgan fingerprint density at radius 1 is 0.722 bits per heavy atom. The first-order valence-corrected chi connectivity index (χ1v) is 15.8. The molecule has 0 saturated heterocycles. The zero-order valence-corrected chi connectivity index (χ0v) is 23.9. The molecule has 0 aliphatic carbocycles. The van der Waals surface area contributed by atoms with Gasteiger partial charge in [0.25, 0.3) is 0 Å². The van der Waals surface area contributed by atoms with Crippen LogP contribution in [-0.4, -0.2) is 92.2 Å². The number of hydrogen-bond donors (Lipinski definition) is 2. The summed E-state index contributed by atoms with van der Waals surface area (Å²) in [6, 6.07) is 0. The molecule has 0 aliphatic rings. The first-order chi connectivity index (χ1) is 17.5. The highest BCUT2D eigenvalue weighted by atomic mass is 33.1. The van der Waals surface area contributed by atoms with Crippen molar-refractivity contribution >= 4 is 39.6 Å². The van der Waals surface area contributed by atoms with Crippen molar-refractivity contribution < 1.29 is 33.7 Å². The van der Waals surface area contributed by atoms with E-state index in [1.165, 1.54) is 30.6 Å². The molecule has 11 heteroatoms. The molecule has 212 valence electrons. The van der Waals surface area contributed by atoms with E-state index in [2.05, 4.69) is 12.2 Å². The number of aliphatic hydroxyl groups excluding tert-OH is 1. The Balaban J connectivity index is 3.95. The van der Waals surface area contributed by atoms with Gasteiger partial charge in [0.2, 0.25) is 0 Å². The smallest absolute Gasteiger partial charge is 0.409 e. The van der Waals surface area contributed by atoms with E-state index >= 15 is 0 Å². The van der Waals surface area contributed by atoms with Crippen LogP contribution in [0.4, 0.5) is 4.79 Å². The van der Waals surface area contributed by atoms with Crippen LogP contribution in [-0.2, 0) is 23.8 Å². The molecule has 2 N–H and O–H groups in total. The molecule has 0 aromatic carbocycles. The number of esters is 2. The maximum absolute atomic E-state index is 12.5. The summed E-state index contributed by atoms with van der Waals surface area (Å²) in [7, 11) is 3.14. The molecule has 0 aromatic rings. The predicted octanol–water partition coefficient (Wildman–Crippen LogP) is 4.42. The largest absolute Gasteiger partial charge is 0.466 e. The number of nitrogens with zero attached hydrogens (tertiary/aromatic N) is 1. The summed E-state index contributed by atoms with van der Waals surface area (Å²) < 4.78 is 15.7. The predicted molar refractivity (Wildman–Crippen MR) is 147 cm³/mol. The maximum atomic E-state index is 12.5. The lowest BCUT2D eigenvalue weighted by atomic mass is 10.1. The third-order valence-corrected chi connectivity index (χ3v) is 7.35. The first kappa shape index (κ1) is 34.8. The zero-order chi connectivity index (χ0) is 26.7. The molecular weight excluding hydrogens is 504 g/mol. The molecule has 0 bridgehead atoms. The molecule has 0 aliphatic heterocycles. The topological polar surface area (TPSA) is 114 Å². The Bertz CT molecular complexity index is 557. The van der Waals surface area contributed by atoms with Crippen LogP contribution in [0.2, 0.25) is 0 Å². The third-order valence-electron chi connectivity index (χ3n) is 5.02. The lowest BCUT2D eigenvalue weighted by molar-refractivity contribution is -0.144. The van der Waals surface area contributed by atoms with Gasteiger partial charge in [0.1, 0.15) is 13.2 Å². The van der Waals surface area contributed by atoms with Gasteiger partial charge in [-0.05, 0) is 25.8 Å². The molecular formula is C25H48N2O7S2. The van der Waals surface area contributed by atoms with E-state index in [-0.39, 0.29) is 38.1 Å². The second-order valence-electron chi connectivity index (χ2n) is 8.28. The van der Waals surface area contributed by atoms with E-state index in [4.69, 9.17) is 19.3 Å². The maximum Gasteiger partial charge on any atom is 0.409 e. The van der Waals surface area contributed by atoms with E-state index in [1.807, 2.05) is 6.92 Å². The Hall–Kier alpha value is -1.17. The van der Waals surface area contributed by atoms with Gasteiger partial charge >= 0.3 is 18.0 Å². The SMILES string of the molecule is CCCCCCCCC(=O)OCCSSCCOC(=O)N(CCCNCCO)CCC(=O)OCCC. The van der Waals surface area contributed by atoms with Crippen LogP contribution in [0, 0.1) is 0 Å². The molecule has 9 nitrogen and oxygen atoms in total. The fourth-order valence-corrected chi connectivity index (χ4v) is 4.74. The summed E-state index contributed by atoms with van der Waals surface area (Å²) in [5.41, 5.74) is 0. The molecule has 0 rings (SSSR count). The molecule has 0 radical (unpaired) electrons. The van der Waals surface area contributed by atoms with E-state index in [0.717, 1.165) is 19.3 Å². The standard InChI is InChI=1S/C25H48N2O7S2/c1-3-5-6-7-8-9-11-23(29)33-19-21-35-36-22-20-34-25(31)27(15-10-13-26-14-17-28)16-12-24(30)32-18-4-2/h26,28H,3-22H2,1-2H3. The minimum Gasteiger partial charge on any atom is -0.466 e. The molecule has 36 heavy (non-hydrogen) atoms. The highest BCUT2D eigenvalue weighted by Crippen LogP contribution is 2.20. The Morgan fingerprint density at radius 3 is 2.06 bits per heavy atom. The summed E-state index contributed by atoms with van der Waals surface area (Å²) in [4.78, 5) is 37.5. The second kappa shape index (κ2) is 26.9. The van der Waals surface area contributed by atoms with Crippen LogP contribution in [0.1, 0.15) is 78.1 Å². The number of nitrogens with one attached hydrogen (secondary N) is 1. The monoisotopic (exact) mass is 552 g/mol. The second-order valence-corrected chi connectivity index (χ2v) is 11.0. The molecule has 0 spiro atoms. The summed E-state index contributed by atoms with van der Waals surface area (Å²) in [6.45, 7) is 7.05. The van der Waals surface area contributed by atoms with Gasteiger partial charge in [0.15, 0.2) is 0 Å². The normalized spacial score (nSPS) is 10.8. The highest BCUT2D eigenvalue weighted by Gasteiger charge is 2.16. The molecule has 0 atom stereocenters.